The van der Waals surface area contributed by atoms with Crippen LogP contribution in [0, 0.1) is 0 Å². The normalized spacial score (nSPS) is 11.9. The van der Waals surface area contributed by atoms with Crippen LogP contribution in [-0.2, 0) is 4.79 Å². The number of carbonyl (C=O) groups is 1. The molecule has 0 aliphatic carbocycles. The monoisotopic (exact) mass is 229 g/mol. The van der Waals surface area contributed by atoms with E-state index in [1.807, 2.05) is 32.8 Å². The quantitative estimate of drug-likeness (QED) is 0.706. The molecule has 0 atom stereocenters. The lowest BCUT2D eigenvalue weighted by atomic mass is 10.0. The fraction of sp³-hybridized carbons (Fsp3) is 0.917. The highest BCUT2D eigenvalue weighted by Crippen LogP contribution is 2.07. The average Bonchev–Trinajstić information content (AvgIpc) is 2.08. The van der Waals surface area contributed by atoms with Gasteiger partial charge < -0.3 is 15.5 Å². The van der Waals surface area contributed by atoms with Crippen LogP contribution in [0.3, 0.4) is 0 Å². The van der Waals surface area contributed by atoms with Crippen LogP contribution < -0.4 is 5.73 Å². The Morgan fingerprint density at radius 3 is 2.12 bits per heavy atom. The van der Waals surface area contributed by atoms with Gasteiger partial charge in [0, 0.05) is 31.6 Å². The van der Waals surface area contributed by atoms with Crippen molar-refractivity contribution in [2.45, 2.75) is 39.2 Å². The smallest absolute Gasteiger partial charge is 0.224 e. The Hall–Kier alpha value is -0.610. The molecule has 0 aromatic carbocycles. The third-order valence-electron chi connectivity index (χ3n) is 2.27. The van der Waals surface area contributed by atoms with E-state index in [1.165, 1.54) is 0 Å². The third kappa shape index (κ3) is 7.65. The van der Waals surface area contributed by atoms with Gasteiger partial charge in [0.2, 0.25) is 5.91 Å². The summed E-state index contributed by atoms with van der Waals surface area (Å²) in [7, 11) is 4.03. The first-order chi connectivity index (χ1) is 7.26. The van der Waals surface area contributed by atoms with E-state index in [0.717, 1.165) is 26.1 Å². The standard InChI is InChI=1S/C12H27N3O/c1-6-7-15(9-8-14(4)5)11(16)10-12(2,3)13/h6-10,13H2,1-5H3. The van der Waals surface area contributed by atoms with Crippen molar-refractivity contribution in [1.29, 1.82) is 0 Å². The van der Waals surface area contributed by atoms with Gasteiger partial charge in [-0.25, -0.2) is 0 Å². The minimum absolute atomic E-state index is 0.163. The summed E-state index contributed by atoms with van der Waals surface area (Å²) in [5.74, 6) is 0.163. The van der Waals surface area contributed by atoms with Crippen LogP contribution in [0.1, 0.15) is 33.6 Å². The Labute approximate surface area is 99.8 Å². The number of hydrogen-bond acceptors (Lipinski definition) is 3. The highest BCUT2D eigenvalue weighted by molar-refractivity contribution is 5.77. The van der Waals surface area contributed by atoms with Gasteiger partial charge in [-0.2, -0.15) is 0 Å². The van der Waals surface area contributed by atoms with Crippen LogP contribution in [-0.4, -0.2) is 55.0 Å². The van der Waals surface area contributed by atoms with E-state index < -0.39 is 5.54 Å². The van der Waals surface area contributed by atoms with E-state index in [9.17, 15) is 4.79 Å². The van der Waals surface area contributed by atoms with Crippen molar-refractivity contribution >= 4 is 5.91 Å². The maximum Gasteiger partial charge on any atom is 0.224 e. The van der Waals surface area contributed by atoms with E-state index in [-0.39, 0.29) is 5.91 Å². The molecule has 96 valence electrons. The van der Waals surface area contributed by atoms with Crippen molar-refractivity contribution in [3.63, 3.8) is 0 Å². The molecule has 4 heteroatoms. The first kappa shape index (κ1) is 15.4. The molecule has 0 rings (SSSR count). The lowest BCUT2D eigenvalue weighted by molar-refractivity contribution is -0.132. The Balaban J connectivity index is 4.23. The first-order valence-corrected chi connectivity index (χ1v) is 5.97. The molecule has 4 nitrogen and oxygen atoms in total. The molecule has 0 spiro atoms. The Bertz CT molecular complexity index is 209. The number of carbonyl (C=O) groups excluding carboxylic acids is 1. The molecule has 1 amide bonds. The van der Waals surface area contributed by atoms with Gasteiger partial charge in [0.15, 0.2) is 0 Å². The zero-order valence-corrected chi connectivity index (χ0v) is 11.4. The topological polar surface area (TPSA) is 49.6 Å². The van der Waals surface area contributed by atoms with Crippen LogP contribution >= 0.6 is 0 Å². The van der Waals surface area contributed by atoms with E-state index in [2.05, 4.69) is 11.8 Å². The summed E-state index contributed by atoms with van der Waals surface area (Å²) in [6.07, 6.45) is 1.41. The second-order valence-corrected chi connectivity index (χ2v) is 5.35. The zero-order chi connectivity index (χ0) is 12.8. The minimum Gasteiger partial charge on any atom is -0.341 e. The summed E-state index contributed by atoms with van der Waals surface area (Å²) < 4.78 is 0. The van der Waals surface area contributed by atoms with E-state index >= 15 is 0 Å². The number of hydrogen-bond donors (Lipinski definition) is 1. The molecule has 0 radical (unpaired) electrons. The molecular weight excluding hydrogens is 202 g/mol. The molecule has 0 aliphatic rings. The lowest BCUT2D eigenvalue weighted by Gasteiger charge is -2.27. The van der Waals surface area contributed by atoms with Gasteiger partial charge in [-0.05, 0) is 34.4 Å². The molecule has 0 fully saturated rings. The highest BCUT2D eigenvalue weighted by atomic mass is 16.2. The summed E-state index contributed by atoms with van der Waals surface area (Å²) >= 11 is 0. The van der Waals surface area contributed by atoms with Crippen LogP contribution in [0.25, 0.3) is 0 Å². The van der Waals surface area contributed by atoms with Crippen LogP contribution in [0.5, 0.6) is 0 Å². The van der Waals surface area contributed by atoms with Crippen molar-refractivity contribution in [1.82, 2.24) is 9.80 Å². The number of amides is 1. The number of likely N-dealkylation sites (N-methyl/N-ethyl adjacent to an activating group) is 1. The van der Waals surface area contributed by atoms with E-state index in [4.69, 9.17) is 5.73 Å². The zero-order valence-electron chi connectivity index (χ0n) is 11.4. The molecule has 0 saturated heterocycles. The van der Waals surface area contributed by atoms with Gasteiger partial charge in [-0.15, -0.1) is 0 Å². The lowest BCUT2D eigenvalue weighted by Crippen LogP contribution is -2.43. The molecule has 0 aromatic rings. The van der Waals surface area contributed by atoms with E-state index in [0.29, 0.717) is 6.42 Å². The Morgan fingerprint density at radius 1 is 1.19 bits per heavy atom. The first-order valence-electron chi connectivity index (χ1n) is 5.97. The van der Waals surface area contributed by atoms with Gasteiger partial charge in [0.25, 0.3) is 0 Å². The molecule has 0 aliphatic heterocycles. The van der Waals surface area contributed by atoms with Gasteiger partial charge in [-0.3, -0.25) is 4.79 Å². The van der Waals surface area contributed by atoms with Gasteiger partial charge in [-0.1, -0.05) is 6.92 Å². The fourth-order valence-electron chi connectivity index (χ4n) is 1.45. The summed E-state index contributed by atoms with van der Waals surface area (Å²) in [6, 6.07) is 0. The summed E-state index contributed by atoms with van der Waals surface area (Å²) in [5, 5.41) is 0. The maximum atomic E-state index is 12.0. The van der Waals surface area contributed by atoms with Crippen molar-refractivity contribution < 1.29 is 4.79 Å². The summed E-state index contributed by atoms with van der Waals surface area (Å²) in [5.41, 5.74) is 5.45. The molecule has 16 heavy (non-hydrogen) atoms. The Morgan fingerprint density at radius 2 is 1.75 bits per heavy atom. The van der Waals surface area contributed by atoms with Gasteiger partial charge in [0.05, 0.1) is 0 Å². The molecule has 2 N–H and O–H groups in total. The summed E-state index contributed by atoms with van der Waals surface area (Å²) in [4.78, 5) is 16.0. The molecule has 0 aromatic heterocycles. The van der Waals surface area contributed by atoms with Crippen LogP contribution in [0.15, 0.2) is 0 Å². The van der Waals surface area contributed by atoms with Gasteiger partial charge in [0.1, 0.15) is 0 Å². The molecule has 0 unspecified atom stereocenters. The van der Waals surface area contributed by atoms with Crippen molar-refractivity contribution in [2.24, 2.45) is 5.73 Å². The minimum atomic E-state index is -0.415. The second kappa shape index (κ2) is 6.86. The number of rotatable bonds is 7. The molecule has 0 heterocycles. The number of nitrogens with two attached hydrogens (primary N) is 1. The number of nitrogens with zero attached hydrogens (tertiary/aromatic N) is 2. The molecule has 0 bridgehead atoms. The predicted molar refractivity (Wildman–Crippen MR) is 68.3 cm³/mol. The average molecular weight is 229 g/mol. The van der Waals surface area contributed by atoms with E-state index in [1.54, 1.807) is 0 Å². The van der Waals surface area contributed by atoms with Crippen molar-refractivity contribution in [2.75, 3.05) is 33.7 Å². The fourth-order valence-corrected chi connectivity index (χ4v) is 1.45. The summed E-state index contributed by atoms with van der Waals surface area (Å²) in [6.45, 7) is 8.38. The second-order valence-electron chi connectivity index (χ2n) is 5.35. The van der Waals surface area contributed by atoms with Crippen LogP contribution in [0.2, 0.25) is 0 Å². The largest absolute Gasteiger partial charge is 0.341 e. The highest BCUT2D eigenvalue weighted by Gasteiger charge is 2.20. The van der Waals surface area contributed by atoms with Gasteiger partial charge >= 0.3 is 0 Å². The van der Waals surface area contributed by atoms with Crippen molar-refractivity contribution in [3.8, 4) is 0 Å². The maximum absolute atomic E-state index is 12.0. The molecular formula is C12H27N3O. The predicted octanol–water partition coefficient (Wildman–Crippen LogP) is 0.914. The Kier molecular flexibility index (Phi) is 6.60. The SMILES string of the molecule is CCCN(CCN(C)C)C(=O)CC(C)(C)N. The van der Waals surface area contributed by atoms with Crippen LogP contribution in [0.4, 0.5) is 0 Å². The molecule has 0 saturated carbocycles. The third-order valence-corrected chi connectivity index (χ3v) is 2.27. The van der Waals surface area contributed by atoms with Crippen molar-refractivity contribution in [3.05, 3.63) is 0 Å².